The summed E-state index contributed by atoms with van der Waals surface area (Å²) in [5.41, 5.74) is 2.03. The third-order valence-corrected chi connectivity index (χ3v) is 6.01. The van der Waals surface area contributed by atoms with Crippen molar-refractivity contribution >= 4 is 21.8 Å². The zero-order chi connectivity index (χ0) is 16.6. The third kappa shape index (κ3) is 2.58. The second-order valence-corrected chi connectivity index (χ2v) is 7.44. The van der Waals surface area contributed by atoms with E-state index in [0.29, 0.717) is 6.54 Å². The Kier molecular flexibility index (Phi) is 4.18. The van der Waals surface area contributed by atoms with Crippen molar-refractivity contribution in [1.82, 2.24) is 20.0 Å². The van der Waals surface area contributed by atoms with E-state index in [2.05, 4.69) is 38.5 Å². The number of aromatic nitrogens is 2. The van der Waals surface area contributed by atoms with Gasteiger partial charge in [-0.3, -0.25) is 9.48 Å². The van der Waals surface area contributed by atoms with Crippen molar-refractivity contribution in [2.24, 2.45) is 0 Å². The summed E-state index contributed by atoms with van der Waals surface area (Å²) >= 11 is 3.63. The van der Waals surface area contributed by atoms with Crippen molar-refractivity contribution in [3.63, 3.8) is 0 Å². The maximum absolute atomic E-state index is 13.5. The van der Waals surface area contributed by atoms with Gasteiger partial charge in [0, 0.05) is 30.0 Å². The second-order valence-electron chi connectivity index (χ2n) is 6.59. The number of carbonyl (C=O) groups is 1. The number of benzene rings is 1. The average molecular weight is 389 g/mol. The highest BCUT2D eigenvalue weighted by Gasteiger charge is 2.44. The first-order chi connectivity index (χ1) is 11.7. The van der Waals surface area contributed by atoms with Gasteiger partial charge in [0.15, 0.2) is 0 Å². The first-order valence-electron chi connectivity index (χ1n) is 8.47. The molecule has 126 valence electrons. The third-order valence-electron chi connectivity index (χ3n) is 5.27. The van der Waals surface area contributed by atoms with E-state index in [-0.39, 0.29) is 5.91 Å². The van der Waals surface area contributed by atoms with Gasteiger partial charge >= 0.3 is 0 Å². The van der Waals surface area contributed by atoms with Crippen LogP contribution in [0.1, 0.15) is 24.0 Å². The summed E-state index contributed by atoms with van der Waals surface area (Å²) in [6, 6.07) is 8.15. The molecular weight excluding hydrogens is 368 g/mol. The Labute approximate surface area is 150 Å². The highest BCUT2D eigenvalue weighted by atomic mass is 79.9. The van der Waals surface area contributed by atoms with Gasteiger partial charge in [-0.15, -0.1) is 0 Å². The summed E-state index contributed by atoms with van der Waals surface area (Å²) < 4.78 is 3.03. The van der Waals surface area contributed by atoms with Crippen LogP contribution in [0.3, 0.4) is 0 Å². The number of nitrogens with one attached hydrogen (secondary N) is 1. The minimum Gasteiger partial charge on any atom is -0.336 e. The molecule has 0 saturated carbocycles. The highest BCUT2D eigenvalue weighted by Crippen LogP contribution is 2.33. The highest BCUT2D eigenvalue weighted by molar-refractivity contribution is 9.10. The molecule has 1 saturated heterocycles. The van der Waals surface area contributed by atoms with Gasteiger partial charge < -0.3 is 10.2 Å². The molecule has 24 heavy (non-hydrogen) atoms. The molecule has 2 aliphatic rings. The standard InChI is InChI=1S/C18H21BrN4O/c19-16-4-1-3-14-13-22(12-5-15(14)16)17(24)18(6-9-20-10-7-18)23-11-2-8-21-23/h1-4,8,11,20H,5-7,9-10,12-13H2. The van der Waals surface area contributed by atoms with Crippen molar-refractivity contribution in [3.8, 4) is 0 Å². The van der Waals surface area contributed by atoms with E-state index in [9.17, 15) is 4.79 Å². The largest absolute Gasteiger partial charge is 0.336 e. The molecule has 3 heterocycles. The molecule has 0 spiro atoms. The summed E-state index contributed by atoms with van der Waals surface area (Å²) in [6.07, 6.45) is 6.16. The van der Waals surface area contributed by atoms with Gasteiger partial charge in [0.05, 0.1) is 0 Å². The molecule has 0 atom stereocenters. The van der Waals surface area contributed by atoms with Crippen LogP contribution in [0, 0.1) is 0 Å². The normalized spacial score (nSPS) is 19.8. The van der Waals surface area contributed by atoms with Gasteiger partial charge in [-0.05, 0) is 55.6 Å². The predicted octanol–water partition coefficient (Wildman–Crippen LogP) is 2.31. The van der Waals surface area contributed by atoms with E-state index in [4.69, 9.17) is 0 Å². The van der Waals surface area contributed by atoms with Crippen molar-refractivity contribution in [3.05, 3.63) is 52.3 Å². The first-order valence-corrected chi connectivity index (χ1v) is 9.26. The van der Waals surface area contributed by atoms with Crippen molar-refractivity contribution in [2.75, 3.05) is 19.6 Å². The topological polar surface area (TPSA) is 50.2 Å². The average Bonchev–Trinajstić information content (AvgIpc) is 3.17. The molecule has 0 bridgehead atoms. The fraction of sp³-hybridized carbons (Fsp3) is 0.444. The van der Waals surface area contributed by atoms with E-state index >= 15 is 0 Å². The maximum Gasteiger partial charge on any atom is 0.250 e. The van der Waals surface area contributed by atoms with Crippen molar-refractivity contribution in [1.29, 1.82) is 0 Å². The first kappa shape index (κ1) is 15.8. The molecule has 0 aliphatic carbocycles. The molecule has 4 rings (SSSR count). The number of hydrogen-bond acceptors (Lipinski definition) is 3. The molecule has 1 aromatic carbocycles. The Morgan fingerprint density at radius 1 is 1.25 bits per heavy atom. The van der Waals surface area contributed by atoms with Gasteiger partial charge in [-0.1, -0.05) is 28.1 Å². The summed E-state index contributed by atoms with van der Waals surface area (Å²) in [6.45, 7) is 3.15. The van der Waals surface area contributed by atoms with Crippen LogP contribution >= 0.6 is 15.9 Å². The lowest BCUT2D eigenvalue weighted by atomic mass is 9.86. The smallest absolute Gasteiger partial charge is 0.250 e. The number of rotatable bonds is 2. The Morgan fingerprint density at radius 3 is 2.83 bits per heavy atom. The second kappa shape index (κ2) is 6.33. The minimum absolute atomic E-state index is 0.207. The minimum atomic E-state index is -0.543. The van der Waals surface area contributed by atoms with Crippen LogP contribution in [0.15, 0.2) is 41.1 Å². The molecule has 1 N–H and O–H groups in total. The molecule has 2 aromatic rings. The van der Waals surface area contributed by atoms with E-state index in [1.54, 1.807) is 6.20 Å². The van der Waals surface area contributed by atoms with Crippen LogP contribution in [-0.2, 0) is 23.3 Å². The molecule has 2 aliphatic heterocycles. The maximum atomic E-state index is 13.5. The molecule has 0 unspecified atom stereocenters. The van der Waals surface area contributed by atoms with Crippen LogP contribution in [-0.4, -0.2) is 40.2 Å². The summed E-state index contributed by atoms with van der Waals surface area (Å²) in [4.78, 5) is 15.5. The van der Waals surface area contributed by atoms with Crippen molar-refractivity contribution in [2.45, 2.75) is 31.3 Å². The molecule has 6 heteroatoms. The van der Waals surface area contributed by atoms with Crippen LogP contribution in [0.2, 0.25) is 0 Å². The predicted molar refractivity (Wildman–Crippen MR) is 95.6 cm³/mol. The Balaban J connectivity index is 1.64. The summed E-state index contributed by atoms with van der Waals surface area (Å²) in [5, 5.41) is 7.78. The zero-order valence-corrected chi connectivity index (χ0v) is 15.1. The van der Waals surface area contributed by atoms with Gasteiger partial charge in [0.1, 0.15) is 5.54 Å². The SMILES string of the molecule is O=C(N1CCc2c(Br)cccc2C1)C1(n2cccn2)CCNCC1. The molecule has 1 fully saturated rings. The number of piperidine rings is 1. The quantitative estimate of drug-likeness (QED) is 0.858. The summed E-state index contributed by atoms with van der Waals surface area (Å²) in [5.74, 6) is 0.207. The van der Waals surface area contributed by atoms with Crippen LogP contribution < -0.4 is 5.32 Å². The number of hydrogen-bond donors (Lipinski definition) is 1. The number of nitrogens with zero attached hydrogens (tertiary/aromatic N) is 3. The van der Waals surface area contributed by atoms with Gasteiger partial charge in [-0.25, -0.2) is 0 Å². The Bertz CT molecular complexity index is 737. The van der Waals surface area contributed by atoms with Crippen LogP contribution in [0.25, 0.3) is 0 Å². The number of halogens is 1. The number of carbonyl (C=O) groups excluding carboxylic acids is 1. The fourth-order valence-corrected chi connectivity index (χ4v) is 4.54. The van der Waals surface area contributed by atoms with Gasteiger partial charge in [0.2, 0.25) is 0 Å². The molecule has 1 amide bonds. The lowest BCUT2D eigenvalue weighted by molar-refractivity contribution is -0.144. The number of fused-ring (bicyclic) bond motifs is 1. The lowest BCUT2D eigenvalue weighted by Gasteiger charge is -2.41. The Morgan fingerprint density at radius 2 is 2.08 bits per heavy atom. The lowest BCUT2D eigenvalue weighted by Crippen LogP contribution is -2.56. The molecule has 5 nitrogen and oxygen atoms in total. The van der Waals surface area contributed by atoms with Crippen LogP contribution in [0.4, 0.5) is 0 Å². The van der Waals surface area contributed by atoms with E-state index in [1.807, 2.05) is 27.9 Å². The van der Waals surface area contributed by atoms with Gasteiger partial charge in [0.25, 0.3) is 5.91 Å². The molecular formula is C18H21BrN4O. The van der Waals surface area contributed by atoms with E-state index in [1.165, 1.54) is 11.1 Å². The molecule has 1 aromatic heterocycles. The van der Waals surface area contributed by atoms with E-state index in [0.717, 1.165) is 43.4 Å². The van der Waals surface area contributed by atoms with Crippen molar-refractivity contribution < 1.29 is 4.79 Å². The van der Waals surface area contributed by atoms with Crippen LogP contribution in [0.5, 0.6) is 0 Å². The zero-order valence-electron chi connectivity index (χ0n) is 13.5. The Hall–Kier alpha value is -1.66. The monoisotopic (exact) mass is 388 g/mol. The summed E-state index contributed by atoms with van der Waals surface area (Å²) in [7, 11) is 0. The van der Waals surface area contributed by atoms with Gasteiger partial charge in [-0.2, -0.15) is 5.10 Å². The van der Waals surface area contributed by atoms with E-state index < -0.39 is 5.54 Å². The number of amides is 1. The molecule has 0 radical (unpaired) electrons. The fourth-order valence-electron chi connectivity index (χ4n) is 3.93.